The van der Waals surface area contributed by atoms with Gasteiger partial charge in [0.05, 0.1) is 28.7 Å². The lowest BCUT2D eigenvalue weighted by Crippen LogP contribution is -2.05. The van der Waals surface area contributed by atoms with Crippen LogP contribution in [-0.4, -0.2) is 19.9 Å². The molecule has 0 radical (unpaired) electrons. The van der Waals surface area contributed by atoms with Crippen molar-refractivity contribution < 1.29 is 4.42 Å². The summed E-state index contributed by atoms with van der Waals surface area (Å²) in [5.41, 5.74) is 6.51. The highest BCUT2D eigenvalue weighted by molar-refractivity contribution is 5.91. The minimum Gasteiger partial charge on any atom is -0.446 e. The number of hydrogen-bond donors (Lipinski definition) is 1. The predicted octanol–water partition coefficient (Wildman–Crippen LogP) is 6.08. The number of fused-ring (bicyclic) bond motifs is 1. The molecular weight excluding hydrogens is 398 g/mol. The van der Waals surface area contributed by atoms with E-state index in [1.807, 2.05) is 48.7 Å². The number of benzene rings is 1. The molecule has 0 bridgehead atoms. The van der Waals surface area contributed by atoms with Crippen LogP contribution in [0.4, 0.5) is 5.95 Å². The van der Waals surface area contributed by atoms with Crippen LogP contribution in [-0.2, 0) is 6.54 Å². The Labute approximate surface area is 186 Å². The highest BCUT2D eigenvalue weighted by atomic mass is 16.3. The third kappa shape index (κ3) is 3.95. The van der Waals surface area contributed by atoms with Gasteiger partial charge >= 0.3 is 0 Å². The molecule has 0 saturated heterocycles. The molecule has 1 N–H and O–H groups in total. The molecule has 5 aromatic rings. The maximum Gasteiger partial charge on any atom is 0.231 e. The van der Waals surface area contributed by atoms with Crippen molar-refractivity contribution in [3.63, 3.8) is 0 Å². The van der Waals surface area contributed by atoms with Gasteiger partial charge in [-0.2, -0.15) is 4.98 Å². The van der Waals surface area contributed by atoms with Crippen molar-refractivity contribution in [1.82, 2.24) is 19.9 Å². The average molecular weight is 422 g/mol. The van der Waals surface area contributed by atoms with Crippen molar-refractivity contribution in [3.8, 4) is 22.6 Å². The van der Waals surface area contributed by atoms with E-state index in [1.54, 1.807) is 12.5 Å². The zero-order chi connectivity index (χ0) is 21.9. The highest BCUT2D eigenvalue weighted by Crippen LogP contribution is 2.33. The summed E-state index contributed by atoms with van der Waals surface area (Å²) >= 11 is 0. The van der Waals surface area contributed by atoms with Crippen LogP contribution in [0.2, 0.25) is 0 Å². The van der Waals surface area contributed by atoms with E-state index in [9.17, 15) is 0 Å². The van der Waals surface area contributed by atoms with Gasteiger partial charge in [-0.3, -0.25) is 9.97 Å². The van der Waals surface area contributed by atoms with Crippen molar-refractivity contribution in [2.24, 2.45) is 0 Å². The van der Waals surface area contributed by atoms with Crippen LogP contribution in [0.1, 0.15) is 30.9 Å². The Hall–Kier alpha value is -4.06. The molecule has 0 amide bonds. The molecule has 4 heterocycles. The number of nitrogens with one attached hydrogen (secondary N) is 1. The number of furan rings is 1. The molecule has 0 fully saturated rings. The van der Waals surface area contributed by atoms with Gasteiger partial charge in [0.25, 0.3) is 0 Å². The van der Waals surface area contributed by atoms with Crippen LogP contribution in [0.3, 0.4) is 0 Å². The Balaban J connectivity index is 1.42. The topological polar surface area (TPSA) is 76.7 Å². The molecule has 1 aromatic carbocycles. The van der Waals surface area contributed by atoms with Gasteiger partial charge in [0.15, 0.2) is 0 Å². The number of hydrogen-bond acceptors (Lipinski definition) is 6. The second kappa shape index (κ2) is 8.59. The van der Waals surface area contributed by atoms with Crippen LogP contribution in [0.15, 0.2) is 83.7 Å². The number of rotatable bonds is 6. The maximum absolute atomic E-state index is 5.63. The van der Waals surface area contributed by atoms with Crippen LogP contribution in [0.25, 0.3) is 33.7 Å². The molecule has 0 saturated carbocycles. The van der Waals surface area contributed by atoms with Crippen molar-refractivity contribution >= 4 is 17.0 Å². The Morgan fingerprint density at radius 1 is 0.875 bits per heavy atom. The van der Waals surface area contributed by atoms with Gasteiger partial charge in [0.2, 0.25) is 11.7 Å². The Bertz CT molecular complexity index is 1340. The lowest BCUT2D eigenvalue weighted by atomic mass is 9.94. The second-order valence-electron chi connectivity index (χ2n) is 7.90. The van der Waals surface area contributed by atoms with E-state index in [0.717, 1.165) is 33.6 Å². The zero-order valence-electron chi connectivity index (χ0n) is 18.0. The minimum absolute atomic E-state index is 0.378. The van der Waals surface area contributed by atoms with Crippen LogP contribution in [0.5, 0.6) is 0 Å². The molecular formula is C26H23N5O. The van der Waals surface area contributed by atoms with Gasteiger partial charge in [-0.05, 0) is 41.3 Å². The van der Waals surface area contributed by atoms with Gasteiger partial charge in [-0.1, -0.05) is 50.2 Å². The molecule has 0 unspecified atom stereocenters. The smallest absolute Gasteiger partial charge is 0.231 e. The summed E-state index contributed by atoms with van der Waals surface area (Å²) in [5.74, 6) is 0.901. The van der Waals surface area contributed by atoms with Crippen LogP contribution < -0.4 is 5.32 Å². The largest absolute Gasteiger partial charge is 0.446 e. The fourth-order valence-electron chi connectivity index (χ4n) is 3.73. The van der Waals surface area contributed by atoms with Gasteiger partial charge in [-0.25, -0.2) is 4.98 Å². The molecule has 0 aliphatic rings. The SMILES string of the molecule is CC(C)c1ccccc1-c1nc(NCc2ccc(-c3ccccn3)nc2)nc2occc12. The number of pyridine rings is 2. The molecule has 0 atom stereocenters. The number of anilines is 1. The summed E-state index contributed by atoms with van der Waals surface area (Å²) in [7, 11) is 0. The second-order valence-corrected chi connectivity index (χ2v) is 7.90. The van der Waals surface area contributed by atoms with Crippen LogP contribution >= 0.6 is 0 Å². The number of aromatic nitrogens is 4. The maximum atomic E-state index is 5.63. The first kappa shape index (κ1) is 19.9. The van der Waals surface area contributed by atoms with Gasteiger partial charge < -0.3 is 9.73 Å². The molecule has 6 heteroatoms. The van der Waals surface area contributed by atoms with Crippen molar-refractivity contribution in [3.05, 3.63) is 90.4 Å². The van der Waals surface area contributed by atoms with Gasteiger partial charge in [0, 0.05) is 24.5 Å². The fraction of sp³-hybridized carbons (Fsp3) is 0.154. The molecule has 0 aliphatic heterocycles. The average Bonchev–Trinajstić information content (AvgIpc) is 3.32. The first-order valence-corrected chi connectivity index (χ1v) is 10.6. The van der Waals surface area contributed by atoms with E-state index in [1.165, 1.54) is 5.56 Å². The highest BCUT2D eigenvalue weighted by Gasteiger charge is 2.16. The minimum atomic E-state index is 0.378. The Morgan fingerprint density at radius 3 is 2.50 bits per heavy atom. The quantitative estimate of drug-likeness (QED) is 0.358. The molecule has 0 spiro atoms. The molecule has 158 valence electrons. The molecule has 6 nitrogen and oxygen atoms in total. The first-order valence-electron chi connectivity index (χ1n) is 10.6. The molecule has 4 aromatic heterocycles. The Kier molecular flexibility index (Phi) is 5.34. The summed E-state index contributed by atoms with van der Waals surface area (Å²) in [5, 5.41) is 4.23. The standard InChI is InChI=1S/C26H23N5O/c1-17(2)19-7-3-4-8-20(19)24-21-12-14-32-25(21)31-26(30-24)29-16-18-10-11-23(28-15-18)22-9-5-6-13-27-22/h3-15,17H,16H2,1-2H3,(H,29,30,31). The van der Waals surface area contributed by atoms with Crippen molar-refractivity contribution in [2.75, 3.05) is 5.32 Å². The summed E-state index contributed by atoms with van der Waals surface area (Å²) in [6, 6.07) is 20.1. The first-order chi connectivity index (χ1) is 15.7. The lowest BCUT2D eigenvalue weighted by Gasteiger charge is -2.14. The van der Waals surface area contributed by atoms with E-state index >= 15 is 0 Å². The van der Waals surface area contributed by atoms with Crippen LogP contribution in [0, 0.1) is 0 Å². The van der Waals surface area contributed by atoms with Gasteiger partial charge in [-0.15, -0.1) is 0 Å². The summed E-state index contributed by atoms with van der Waals surface area (Å²) in [6.07, 6.45) is 5.27. The summed E-state index contributed by atoms with van der Waals surface area (Å²) in [6.45, 7) is 4.92. The summed E-state index contributed by atoms with van der Waals surface area (Å²) in [4.78, 5) is 18.3. The fourth-order valence-corrected chi connectivity index (χ4v) is 3.73. The van der Waals surface area contributed by atoms with Crippen molar-refractivity contribution in [2.45, 2.75) is 26.3 Å². The summed E-state index contributed by atoms with van der Waals surface area (Å²) < 4.78 is 5.63. The zero-order valence-corrected chi connectivity index (χ0v) is 18.0. The van der Waals surface area contributed by atoms with E-state index in [4.69, 9.17) is 9.40 Å². The van der Waals surface area contributed by atoms with E-state index in [-0.39, 0.29) is 0 Å². The molecule has 0 aliphatic carbocycles. The predicted molar refractivity (Wildman–Crippen MR) is 126 cm³/mol. The van der Waals surface area contributed by atoms with E-state index in [0.29, 0.717) is 24.1 Å². The number of nitrogens with zero attached hydrogens (tertiary/aromatic N) is 4. The lowest BCUT2D eigenvalue weighted by molar-refractivity contribution is 0.603. The third-order valence-corrected chi connectivity index (χ3v) is 5.37. The molecule has 32 heavy (non-hydrogen) atoms. The monoisotopic (exact) mass is 421 g/mol. The molecule has 5 rings (SSSR count). The third-order valence-electron chi connectivity index (χ3n) is 5.37. The Morgan fingerprint density at radius 2 is 1.72 bits per heavy atom. The van der Waals surface area contributed by atoms with E-state index < -0.39 is 0 Å². The normalized spacial score (nSPS) is 11.2. The van der Waals surface area contributed by atoms with Crippen molar-refractivity contribution in [1.29, 1.82) is 0 Å². The van der Waals surface area contributed by atoms with E-state index in [2.05, 4.69) is 52.3 Å². The van der Waals surface area contributed by atoms with Gasteiger partial charge in [0.1, 0.15) is 0 Å².